The molecular formula is C8H13N3O2. The van der Waals surface area contributed by atoms with Gasteiger partial charge < -0.3 is 15.2 Å². The molecule has 0 radical (unpaired) electrons. The first kappa shape index (κ1) is 9.73. The average molecular weight is 183 g/mol. The van der Waals surface area contributed by atoms with Gasteiger partial charge in [-0.15, -0.1) is 0 Å². The molecule has 0 unspecified atom stereocenters. The molecule has 0 amide bonds. The van der Waals surface area contributed by atoms with E-state index in [1.165, 1.54) is 0 Å². The molecule has 0 atom stereocenters. The van der Waals surface area contributed by atoms with Crippen molar-refractivity contribution in [2.24, 2.45) is 0 Å². The normalized spacial score (nSPS) is 10.0. The molecule has 1 aromatic rings. The molecule has 2 N–H and O–H groups in total. The minimum Gasteiger partial charge on any atom is -0.474 e. The zero-order chi connectivity index (χ0) is 9.68. The highest BCUT2D eigenvalue weighted by Gasteiger charge is 1.99. The Morgan fingerprint density at radius 1 is 1.46 bits per heavy atom. The monoisotopic (exact) mass is 183 g/mol. The first-order chi connectivity index (χ1) is 6.24. The molecule has 5 heteroatoms. The lowest BCUT2D eigenvalue weighted by atomic mass is 10.4. The Hall–Kier alpha value is -1.36. The second-order valence-electron chi connectivity index (χ2n) is 2.52. The van der Waals surface area contributed by atoms with Crippen LogP contribution in [0.4, 0.5) is 5.82 Å². The molecule has 0 saturated carbocycles. The maximum absolute atomic E-state index is 5.54. The number of hydrogen-bond acceptors (Lipinski definition) is 5. The van der Waals surface area contributed by atoms with Crippen molar-refractivity contribution >= 4 is 5.82 Å². The van der Waals surface area contributed by atoms with Crippen LogP contribution in [0.15, 0.2) is 6.20 Å². The molecule has 13 heavy (non-hydrogen) atoms. The van der Waals surface area contributed by atoms with Crippen LogP contribution in [0, 0.1) is 6.92 Å². The molecular weight excluding hydrogens is 170 g/mol. The van der Waals surface area contributed by atoms with Crippen molar-refractivity contribution in [3.8, 4) is 5.88 Å². The molecule has 72 valence electrons. The van der Waals surface area contributed by atoms with E-state index in [0.717, 1.165) is 0 Å². The minimum absolute atomic E-state index is 0.398. The fraction of sp³-hybridized carbons (Fsp3) is 0.500. The molecule has 1 rings (SSSR count). The Labute approximate surface area is 76.9 Å². The van der Waals surface area contributed by atoms with Crippen molar-refractivity contribution < 1.29 is 9.47 Å². The van der Waals surface area contributed by atoms with Crippen LogP contribution in [0.1, 0.15) is 5.69 Å². The number of hydrogen-bond donors (Lipinski definition) is 1. The lowest BCUT2D eigenvalue weighted by Crippen LogP contribution is -2.07. The zero-order valence-electron chi connectivity index (χ0n) is 7.78. The molecule has 0 aliphatic rings. The van der Waals surface area contributed by atoms with Crippen LogP contribution < -0.4 is 10.5 Å². The molecule has 0 fully saturated rings. The van der Waals surface area contributed by atoms with Crippen molar-refractivity contribution in [2.75, 3.05) is 26.1 Å². The van der Waals surface area contributed by atoms with Gasteiger partial charge in [0.05, 0.1) is 18.5 Å². The van der Waals surface area contributed by atoms with Crippen LogP contribution in [-0.4, -0.2) is 30.3 Å². The second kappa shape index (κ2) is 4.61. The molecule has 1 aromatic heterocycles. The summed E-state index contributed by atoms with van der Waals surface area (Å²) in [6, 6.07) is 0. The third-order valence-electron chi connectivity index (χ3n) is 1.51. The second-order valence-corrected chi connectivity index (χ2v) is 2.52. The number of nitrogens with two attached hydrogens (primary N) is 1. The fourth-order valence-corrected chi connectivity index (χ4v) is 0.746. The predicted molar refractivity (Wildman–Crippen MR) is 48.6 cm³/mol. The molecule has 1 heterocycles. The van der Waals surface area contributed by atoms with Gasteiger partial charge in [-0.05, 0) is 6.92 Å². The van der Waals surface area contributed by atoms with Crippen molar-refractivity contribution in [3.05, 3.63) is 11.9 Å². The molecule has 0 aliphatic carbocycles. The van der Waals surface area contributed by atoms with E-state index < -0.39 is 0 Å². The summed E-state index contributed by atoms with van der Waals surface area (Å²) in [4.78, 5) is 7.99. The van der Waals surface area contributed by atoms with Crippen LogP contribution >= 0.6 is 0 Å². The van der Waals surface area contributed by atoms with Crippen LogP contribution in [0.5, 0.6) is 5.88 Å². The van der Waals surface area contributed by atoms with E-state index in [2.05, 4.69) is 9.97 Å². The molecule has 5 nitrogen and oxygen atoms in total. The Balaban J connectivity index is 2.53. The first-order valence-corrected chi connectivity index (χ1v) is 3.95. The largest absolute Gasteiger partial charge is 0.474 e. The molecule has 0 aliphatic heterocycles. The lowest BCUT2D eigenvalue weighted by Gasteiger charge is -2.05. The van der Waals surface area contributed by atoms with E-state index in [9.17, 15) is 0 Å². The Morgan fingerprint density at radius 3 is 2.85 bits per heavy atom. The van der Waals surface area contributed by atoms with Gasteiger partial charge in [0.15, 0.2) is 0 Å². The van der Waals surface area contributed by atoms with Gasteiger partial charge in [0.1, 0.15) is 12.4 Å². The van der Waals surface area contributed by atoms with Gasteiger partial charge >= 0.3 is 0 Å². The summed E-state index contributed by atoms with van der Waals surface area (Å²) in [6.45, 7) is 2.77. The highest BCUT2D eigenvalue weighted by Crippen LogP contribution is 2.09. The van der Waals surface area contributed by atoms with E-state index in [1.54, 1.807) is 20.2 Å². The molecule has 0 spiro atoms. The third-order valence-corrected chi connectivity index (χ3v) is 1.51. The standard InChI is InChI=1S/C8H13N3O2/c1-6-8(9)11-7(5-10-6)13-4-3-12-2/h5H,3-4H2,1-2H3,(H2,9,11). The zero-order valence-corrected chi connectivity index (χ0v) is 7.78. The van der Waals surface area contributed by atoms with Crippen molar-refractivity contribution in [3.63, 3.8) is 0 Å². The summed E-state index contributed by atoms with van der Waals surface area (Å²) in [5.74, 6) is 0.829. The number of methoxy groups -OCH3 is 1. The van der Waals surface area contributed by atoms with E-state index in [4.69, 9.17) is 15.2 Å². The number of rotatable bonds is 4. The van der Waals surface area contributed by atoms with E-state index >= 15 is 0 Å². The van der Waals surface area contributed by atoms with Gasteiger partial charge in [-0.25, -0.2) is 0 Å². The van der Waals surface area contributed by atoms with Crippen LogP contribution in [0.2, 0.25) is 0 Å². The Bertz CT molecular complexity index is 278. The maximum Gasteiger partial charge on any atom is 0.234 e. The number of anilines is 1. The number of aryl methyl sites for hydroxylation is 1. The summed E-state index contributed by atoms with van der Waals surface area (Å²) in [7, 11) is 1.61. The molecule has 0 aromatic carbocycles. The average Bonchev–Trinajstić information content (AvgIpc) is 2.12. The smallest absolute Gasteiger partial charge is 0.234 e. The van der Waals surface area contributed by atoms with Gasteiger partial charge in [0.2, 0.25) is 5.88 Å². The quantitative estimate of drug-likeness (QED) is 0.684. The summed E-state index contributed by atoms with van der Waals surface area (Å²) in [5, 5.41) is 0. The summed E-state index contributed by atoms with van der Waals surface area (Å²) in [5.41, 5.74) is 6.25. The molecule has 0 saturated heterocycles. The van der Waals surface area contributed by atoms with Crippen LogP contribution in [0.3, 0.4) is 0 Å². The van der Waals surface area contributed by atoms with E-state index in [-0.39, 0.29) is 0 Å². The van der Waals surface area contributed by atoms with Gasteiger partial charge in [-0.2, -0.15) is 4.98 Å². The van der Waals surface area contributed by atoms with Gasteiger partial charge in [0, 0.05) is 7.11 Å². The van der Waals surface area contributed by atoms with E-state index in [1.807, 2.05) is 0 Å². The van der Waals surface area contributed by atoms with Crippen LogP contribution in [0.25, 0.3) is 0 Å². The fourth-order valence-electron chi connectivity index (χ4n) is 0.746. The summed E-state index contributed by atoms with van der Waals surface area (Å²) in [6.07, 6.45) is 1.54. The SMILES string of the molecule is COCCOc1cnc(C)c(N)n1. The first-order valence-electron chi connectivity index (χ1n) is 3.95. The van der Waals surface area contributed by atoms with Gasteiger partial charge in [-0.3, -0.25) is 4.98 Å². The Morgan fingerprint density at radius 2 is 2.23 bits per heavy atom. The van der Waals surface area contributed by atoms with E-state index in [0.29, 0.717) is 30.6 Å². The van der Waals surface area contributed by atoms with Crippen molar-refractivity contribution in [1.82, 2.24) is 9.97 Å². The lowest BCUT2D eigenvalue weighted by molar-refractivity contribution is 0.143. The van der Waals surface area contributed by atoms with Gasteiger partial charge in [-0.1, -0.05) is 0 Å². The van der Waals surface area contributed by atoms with Crippen molar-refractivity contribution in [2.45, 2.75) is 6.92 Å². The van der Waals surface area contributed by atoms with Gasteiger partial charge in [0.25, 0.3) is 0 Å². The summed E-state index contributed by atoms with van der Waals surface area (Å²) >= 11 is 0. The van der Waals surface area contributed by atoms with Crippen molar-refractivity contribution in [1.29, 1.82) is 0 Å². The maximum atomic E-state index is 5.54. The number of nitrogen functional groups attached to an aromatic ring is 1. The number of ether oxygens (including phenoxy) is 2. The minimum atomic E-state index is 0.398. The Kier molecular flexibility index (Phi) is 3.45. The topological polar surface area (TPSA) is 70.3 Å². The predicted octanol–water partition coefficient (Wildman–Crippen LogP) is 0.392. The highest BCUT2D eigenvalue weighted by atomic mass is 16.5. The molecule has 0 bridgehead atoms. The summed E-state index contributed by atoms with van der Waals surface area (Å²) < 4.78 is 10.0. The number of nitrogens with zero attached hydrogens (tertiary/aromatic N) is 2. The highest BCUT2D eigenvalue weighted by molar-refractivity contribution is 5.34. The number of aromatic nitrogens is 2. The third kappa shape index (κ3) is 2.87. The van der Waals surface area contributed by atoms with Crippen LogP contribution in [-0.2, 0) is 4.74 Å².